The van der Waals surface area contributed by atoms with Crippen molar-refractivity contribution in [1.82, 2.24) is 15.3 Å². The van der Waals surface area contributed by atoms with Crippen molar-refractivity contribution in [3.05, 3.63) is 58.8 Å². The van der Waals surface area contributed by atoms with E-state index in [1.165, 1.54) is 6.20 Å². The van der Waals surface area contributed by atoms with Gasteiger partial charge in [-0.05, 0) is 19.1 Å². The van der Waals surface area contributed by atoms with E-state index < -0.39 is 36.0 Å². The summed E-state index contributed by atoms with van der Waals surface area (Å²) in [7, 11) is 0. The van der Waals surface area contributed by atoms with Gasteiger partial charge >= 0.3 is 0 Å². The van der Waals surface area contributed by atoms with Crippen molar-refractivity contribution >= 4 is 18.0 Å². The van der Waals surface area contributed by atoms with Gasteiger partial charge in [-0.15, -0.1) is 0 Å². The second kappa shape index (κ2) is 9.62. The quantitative estimate of drug-likeness (QED) is 0.294. The Bertz CT molecular complexity index is 871. The number of nitrogens with one attached hydrogen (secondary N) is 4. The first-order chi connectivity index (χ1) is 13.3. The first-order valence-corrected chi connectivity index (χ1v) is 8.01. The second-order valence-corrected chi connectivity index (χ2v) is 5.57. The molecule has 1 aromatic heterocycles. The van der Waals surface area contributed by atoms with Crippen LogP contribution in [0.25, 0.3) is 0 Å². The maximum atomic E-state index is 13.7. The average molecular weight is 400 g/mol. The third kappa shape index (κ3) is 5.63. The van der Waals surface area contributed by atoms with Crippen LogP contribution in [0.5, 0.6) is 0 Å². The van der Waals surface area contributed by atoms with Crippen LogP contribution in [0.15, 0.2) is 30.2 Å². The number of aromatic nitrogens is 2. The predicted octanol–water partition coefficient (Wildman–Crippen LogP) is 3.57. The van der Waals surface area contributed by atoms with E-state index in [-0.39, 0.29) is 24.0 Å². The third-order valence-electron chi connectivity index (χ3n) is 3.48. The van der Waals surface area contributed by atoms with Crippen molar-refractivity contribution in [3.63, 3.8) is 0 Å². The van der Waals surface area contributed by atoms with Gasteiger partial charge in [0, 0.05) is 36.3 Å². The summed E-state index contributed by atoms with van der Waals surface area (Å²) < 4.78 is 65.0. The molecule has 4 N–H and O–H groups in total. The van der Waals surface area contributed by atoms with Crippen LogP contribution in [0.4, 0.5) is 33.7 Å². The van der Waals surface area contributed by atoms with Crippen molar-refractivity contribution in [2.45, 2.75) is 19.9 Å². The Kier molecular flexibility index (Phi) is 7.24. The maximum Gasteiger partial charge on any atom is 0.255 e. The highest BCUT2D eigenvalue weighted by Gasteiger charge is 2.14. The van der Waals surface area contributed by atoms with E-state index in [0.717, 1.165) is 18.5 Å². The number of alkyl halides is 2. The van der Waals surface area contributed by atoms with E-state index in [9.17, 15) is 22.0 Å². The average Bonchev–Trinajstić information content (AvgIpc) is 2.66. The molecular formula is C17H17F5N6. The number of aryl methyl sites for hydroxylation is 1. The first-order valence-electron chi connectivity index (χ1n) is 8.01. The molecule has 0 bridgehead atoms. The van der Waals surface area contributed by atoms with E-state index in [1.54, 1.807) is 6.92 Å². The highest BCUT2D eigenvalue weighted by atomic mass is 19.3. The fraction of sp³-hybridized carbons (Fsp3) is 0.235. The van der Waals surface area contributed by atoms with Crippen molar-refractivity contribution in [3.8, 4) is 0 Å². The number of rotatable bonds is 9. The fourth-order valence-corrected chi connectivity index (χ4v) is 2.09. The van der Waals surface area contributed by atoms with Gasteiger partial charge < -0.3 is 21.4 Å². The SMILES string of the molecule is Cc1cnc(N/C(C=N)=C/NCC(F)F)nc1NCc1c(F)ccc(F)c1F. The number of anilines is 2. The summed E-state index contributed by atoms with van der Waals surface area (Å²) in [4.78, 5) is 8.09. The minimum Gasteiger partial charge on any atom is -0.383 e. The van der Waals surface area contributed by atoms with Gasteiger partial charge in [-0.1, -0.05) is 0 Å². The molecule has 0 saturated carbocycles. The molecule has 0 amide bonds. The topological polar surface area (TPSA) is 85.7 Å². The normalized spacial score (nSPS) is 11.5. The monoisotopic (exact) mass is 400 g/mol. The lowest BCUT2D eigenvalue weighted by molar-refractivity contribution is 0.150. The molecule has 1 heterocycles. The number of halogens is 5. The van der Waals surface area contributed by atoms with Gasteiger partial charge in [-0.2, -0.15) is 4.98 Å². The molecule has 1 aromatic carbocycles. The molecule has 11 heteroatoms. The molecular weight excluding hydrogens is 383 g/mol. The van der Waals surface area contributed by atoms with E-state index >= 15 is 0 Å². The van der Waals surface area contributed by atoms with Crippen LogP contribution < -0.4 is 16.0 Å². The van der Waals surface area contributed by atoms with Crippen molar-refractivity contribution in [2.24, 2.45) is 0 Å². The predicted molar refractivity (Wildman–Crippen MR) is 94.9 cm³/mol. The Morgan fingerprint density at radius 2 is 1.93 bits per heavy atom. The van der Waals surface area contributed by atoms with Gasteiger partial charge in [0.2, 0.25) is 5.95 Å². The maximum absolute atomic E-state index is 13.7. The van der Waals surface area contributed by atoms with Crippen LogP contribution >= 0.6 is 0 Å². The molecule has 150 valence electrons. The fourth-order valence-electron chi connectivity index (χ4n) is 2.09. The minimum atomic E-state index is -2.56. The standard InChI is InChI=1S/C17H17F5N6/c1-9-5-26-17(27-10(4-23)6-24-8-14(20)21)28-16(9)25-7-11-12(18)2-3-13(19)15(11)22/h2-6,14,23-24H,7-8H2,1H3,(H2,25,26,27,28)/b10-6+,23-4?. The summed E-state index contributed by atoms with van der Waals surface area (Å²) in [5.74, 6) is -3.14. The number of allylic oxidation sites excluding steroid dienone is 1. The molecule has 2 aromatic rings. The molecule has 0 saturated heterocycles. The van der Waals surface area contributed by atoms with Gasteiger partial charge in [-0.3, -0.25) is 0 Å². The zero-order valence-corrected chi connectivity index (χ0v) is 14.7. The lowest BCUT2D eigenvalue weighted by atomic mass is 10.2. The van der Waals surface area contributed by atoms with Gasteiger partial charge in [-0.25, -0.2) is 26.9 Å². The van der Waals surface area contributed by atoms with Crippen LogP contribution in [0.1, 0.15) is 11.1 Å². The van der Waals surface area contributed by atoms with E-state index in [0.29, 0.717) is 11.6 Å². The summed E-state index contributed by atoms with van der Waals surface area (Å²) in [6, 6.07) is 1.52. The highest BCUT2D eigenvalue weighted by molar-refractivity contribution is 5.79. The molecule has 28 heavy (non-hydrogen) atoms. The summed E-state index contributed by atoms with van der Waals surface area (Å²) in [6.45, 7) is 0.684. The van der Waals surface area contributed by atoms with Crippen LogP contribution in [0.2, 0.25) is 0 Å². The van der Waals surface area contributed by atoms with Crippen molar-refractivity contribution in [2.75, 3.05) is 17.2 Å². The number of benzene rings is 1. The van der Waals surface area contributed by atoms with Gasteiger partial charge in [0.25, 0.3) is 6.43 Å². The van der Waals surface area contributed by atoms with Crippen LogP contribution in [-0.4, -0.2) is 29.2 Å². The Labute approximate surface area is 157 Å². The molecule has 0 atom stereocenters. The molecule has 0 radical (unpaired) electrons. The van der Waals surface area contributed by atoms with Crippen LogP contribution in [0.3, 0.4) is 0 Å². The molecule has 2 rings (SSSR count). The number of nitrogens with zero attached hydrogens (tertiary/aromatic N) is 2. The number of hydrogen-bond donors (Lipinski definition) is 4. The van der Waals surface area contributed by atoms with Gasteiger partial charge in [0.15, 0.2) is 11.6 Å². The lowest BCUT2D eigenvalue weighted by Crippen LogP contribution is -2.18. The second-order valence-electron chi connectivity index (χ2n) is 5.57. The Morgan fingerprint density at radius 1 is 1.21 bits per heavy atom. The first kappa shape index (κ1) is 21.1. The Balaban J connectivity index is 2.13. The Morgan fingerprint density at radius 3 is 2.61 bits per heavy atom. The van der Waals surface area contributed by atoms with Crippen molar-refractivity contribution in [1.29, 1.82) is 5.41 Å². The summed E-state index contributed by atoms with van der Waals surface area (Å²) in [5, 5.41) is 14.9. The van der Waals surface area contributed by atoms with E-state index in [1.807, 2.05) is 0 Å². The van der Waals surface area contributed by atoms with Crippen LogP contribution in [0, 0.1) is 29.8 Å². The van der Waals surface area contributed by atoms with Crippen LogP contribution in [-0.2, 0) is 6.54 Å². The van der Waals surface area contributed by atoms with E-state index in [2.05, 4.69) is 25.9 Å². The zero-order valence-electron chi connectivity index (χ0n) is 14.7. The summed E-state index contributed by atoms with van der Waals surface area (Å²) in [6.07, 6.45) is 0.877. The molecule has 0 aliphatic carbocycles. The third-order valence-corrected chi connectivity index (χ3v) is 3.48. The summed E-state index contributed by atoms with van der Waals surface area (Å²) >= 11 is 0. The zero-order chi connectivity index (χ0) is 20.7. The van der Waals surface area contributed by atoms with E-state index in [4.69, 9.17) is 5.41 Å². The minimum absolute atomic E-state index is 0.0156. The highest BCUT2D eigenvalue weighted by Crippen LogP contribution is 2.19. The molecule has 0 fully saturated rings. The largest absolute Gasteiger partial charge is 0.383 e. The van der Waals surface area contributed by atoms with Crippen molar-refractivity contribution < 1.29 is 22.0 Å². The summed E-state index contributed by atoms with van der Waals surface area (Å²) in [5.41, 5.74) is 0.167. The molecule has 0 aliphatic heterocycles. The molecule has 6 nitrogen and oxygen atoms in total. The number of hydrogen-bond acceptors (Lipinski definition) is 6. The Hall–Kier alpha value is -3.24. The van der Waals surface area contributed by atoms with Gasteiger partial charge in [0.1, 0.15) is 11.6 Å². The lowest BCUT2D eigenvalue weighted by Gasteiger charge is -2.12. The molecule has 0 unspecified atom stereocenters. The molecule has 0 aliphatic rings. The van der Waals surface area contributed by atoms with Gasteiger partial charge in [0.05, 0.1) is 12.2 Å². The smallest absolute Gasteiger partial charge is 0.255 e. The molecule has 0 spiro atoms.